The van der Waals surface area contributed by atoms with Gasteiger partial charge in [0.25, 0.3) is 11.6 Å². The van der Waals surface area contributed by atoms with Crippen LogP contribution in [0, 0.1) is 15.5 Å². The van der Waals surface area contributed by atoms with Crippen molar-refractivity contribution in [2.45, 2.75) is 12.8 Å². The Morgan fingerprint density at radius 3 is 2.68 bits per heavy atom. The molecule has 1 aliphatic carbocycles. The number of hydrogen-bond donors (Lipinski definition) is 2. The smallest absolute Gasteiger partial charge is 0.311 e. The van der Waals surface area contributed by atoms with Gasteiger partial charge in [0.05, 0.1) is 15.2 Å². The summed E-state index contributed by atoms with van der Waals surface area (Å²) in [4.78, 5) is 33.8. The van der Waals surface area contributed by atoms with Crippen LogP contribution >= 0.6 is 11.3 Å². The zero-order chi connectivity index (χ0) is 15.9. The van der Waals surface area contributed by atoms with Crippen LogP contribution in [-0.4, -0.2) is 28.5 Å². The predicted octanol–water partition coefficient (Wildman–Crippen LogP) is 2.40. The quantitative estimate of drug-likeness (QED) is 0.649. The van der Waals surface area contributed by atoms with Crippen molar-refractivity contribution >= 4 is 39.0 Å². The minimum absolute atomic E-state index is 0.0277. The highest BCUT2D eigenvalue weighted by atomic mass is 32.1. The zero-order valence-electron chi connectivity index (χ0n) is 11.4. The van der Waals surface area contributed by atoms with E-state index in [0.717, 1.165) is 4.70 Å². The van der Waals surface area contributed by atoms with Gasteiger partial charge in [-0.05, 0) is 25.0 Å². The number of rotatable bonds is 5. The van der Waals surface area contributed by atoms with Crippen molar-refractivity contribution in [1.29, 1.82) is 0 Å². The van der Waals surface area contributed by atoms with Crippen molar-refractivity contribution in [3.05, 3.63) is 39.3 Å². The third kappa shape index (κ3) is 2.52. The van der Waals surface area contributed by atoms with Crippen molar-refractivity contribution in [1.82, 2.24) is 5.32 Å². The summed E-state index contributed by atoms with van der Waals surface area (Å²) in [5.41, 5.74) is -0.842. The highest BCUT2D eigenvalue weighted by molar-refractivity contribution is 7.20. The number of non-ortho nitro benzene ring substituents is 1. The SMILES string of the molecule is O=C(NCC1(C(=O)O)CC1)c1cc2cc([N+](=O)[O-])ccc2s1. The third-order valence-electron chi connectivity index (χ3n) is 3.83. The van der Waals surface area contributed by atoms with E-state index in [1.165, 1.54) is 23.5 Å². The van der Waals surface area contributed by atoms with Crippen LogP contribution in [0.1, 0.15) is 22.5 Å². The number of fused-ring (bicyclic) bond motifs is 1. The van der Waals surface area contributed by atoms with E-state index in [1.54, 1.807) is 12.1 Å². The maximum atomic E-state index is 12.1. The molecule has 8 heteroatoms. The molecule has 114 valence electrons. The van der Waals surface area contributed by atoms with E-state index < -0.39 is 16.3 Å². The van der Waals surface area contributed by atoms with E-state index in [9.17, 15) is 19.7 Å². The fraction of sp³-hybridized carbons (Fsp3) is 0.286. The summed E-state index contributed by atoms with van der Waals surface area (Å²) in [6, 6.07) is 6.00. The molecule has 0 saturated heterocycles. The lowest BCUT2D eigenvalue weighted by Crippen LogP contribution is -2.33. The molecule has 1 fully saturated rings. The molecule has 3 rings (SSSR count). The van der Waals surface area contributed by atoms with Gasteiger partial charge in [0.15, 0.2) is 0 Å². The average molecular weight is 320 g/mol. The first kappa shape index (κ1) is 14.5. The van der Waals surface area contributed by atoms with E-state index in [-0.39, 0.29) is 18.1 Å². The van der Waals surface area contributed by atoms with Crippen LogP contribution in [0.3, 0.4) is 0 Å². The lowest BCUT2D eigenvalue weighted by atomic mass is 10.1. The van der Waals surface area contributed by atoms with Crippen molar-refractivity contribution in [2.24, 2.45) is 5.41 Å². The molecule has 2 aromatic rings. The molecular weight excluding hydrogens is 308 g/mol. The van der Waals surface area contributed by atoms with Crippen LogP contribution in [0.15, 0.2) is 24.3 Å². The summed E-state index contributed by atoms with van der Waals surface area (Å²) >= 11 is 1.22. The minimum atomic E-state index is -0.889. The Kier molecular flexibility index (Phi) is 3.32. The fourth-order valence-electron chi connectivity index (χ4n) is 2.21. The summed E-state index contributed by atoms with van der Waals surface area (Å²) in [5.74, 6) is -1.24. The molecule has 22 heavy (non-hydrogen) atoms. The Morgan fingerprint density at radius 1 is 1.36 bits per heavy atom. The summed E-state index contributed by atoms with van der Waals surface area (Å²) in [5, 5.41) is 23.1. The van der Waals surface area contributed by atoms with Gasteiger partial charge >= 0.3 is 5.97 Å². The molecule has 1 heterocycles. The molecule has 0 atom stereocenters. The molecule has 0 aliphatic heterocycles. The molecule has 1 amide bonds. The van der Waals surface area contributed by atoms with E-state index in [1.807, 2.05) is 0 Å². The Morgan fingerprint density at radius 2 is 2.09 bits per heavy atom. The van der Waals surface area contributed by atoms with Crippen LogP contribution < -0.4 is 5.32 Å². The standard InChI is InChI=1S/C14H12N2O5S/c17-12(15-7-14(3-4-14)13(18)19)11-6-8-5-9(16(20)21)1-2-10(8)22-11/h1-2,5-6H,3-4,7H2,(H,15,17)(H,18,19). The minimum Gasteiger partial charge on any atom is -0.481 e. The first-order chi connectivity index (χ1) is 10.4. The molecule has 2 N–H and O–H groups in total. The van der Waals surface area contributed by atoms with Gasteiger partial charge in [0.2, 0.25) is 0 Å². The van der Waals surface area contributed by atoms with Gasteiger partial charge in [-0.15, -0.1) is 11.3 Å². The molecular formula is C14H12N2O5S. The molecule has 0 radical (unpaired) electrons. The number of aliphatic carboxylic acids is 1. The second-order valence-corrected chi connectivity index (χ2v) is 6.44. The normalized spacial score (nSPS) is 15.5. The first-order valence-corrected chi connectivity index (χ1v) is 7.42. The summed E-state index contributed by atoms with van der Waals surface area (Å²) in [6.45, 7) is 0.107. The van der Waals surface area contributed by atoms with E-state index in [4.69, 9.17) is 5.11 Å². The second kappa shape index (κ2) is 5.06. The number of carbonyl (C=O) groups is 2. The zero-order valence-corrected chi connectivity index (χ0v) is 12.2. The van der Waals surface area contributed by atoms with E-state index in [2.05, 4.69) is 5.32 Å². The van der Waals surface area contributed by atoms with Gasteiger partial charge in [-0.3, -0.25) is 19.7 Å². The molecule has 0 bridgehead atoms. The summed E-state index contributed by atoms with van der Waals surface area (Å²) in [7, 11) is 0. The third-order valence-corrected chi connectivity index (χ3v) is 4.94. The predicted molar refractivity (Wildman–Crippen MR) is 80.1 cm³/mol. The molecule has 1 aliphatic rings. The van der Waals surface area contributed by atoms with Crippen LogP contribution in [0.25, 0.3) is 10.1 Å². The fourth-order valence-corrected chi connectivity index (χ4v) is 3.17. The molecule has 1 aromatic heterocycles. The maximum absolute atomic E-state index is 12.1. The number of hydrogen-bond acceptors (Lipinski definition) is 5. The number of carboxylic acids is 1. The number of nitro benzene ring substituents is 1. The first-order valence-electron chi connectivity index (χ1n) is 6.61. The van der Waals surface area contributed by atoms with Gasteiger partial charge in [-0.1, -0.05) is 0 Å². The number of carbonyl (C=O) groups excluding carboxylic acids is 1. The molecule has 7 nitrogen and oxygen atoms in total. The summed E-state index contributed by atoms with van der Waals surface area (Å²) in [6.07, 6.45) is 1.14. The van der Waals surface area contributed by atoms with Gasteiger partial charge < -0.3 is 10.4 Å². The van der Waals surface area contributed by atoms with E-state index in [0.29, 0.717) is 23.1 Å². The van der Waals surface area contributed by atoms with Crippen molar-refractivity contribution in [3.8, 4) is 0 Å². The number of carboxylic acid groups (broad SMARTS) is 1. The van der Waals surface area contributed by atoms with Gasteiger partial charge in [0, 0.05) is 28.8 Å². The van der Waals surface area contributed by atoms with Crippen LogP contribution in [-0.2, 0) is 4.79 Å². The topological polar surface area (TPSA) is 110 Å². The second-order valence-electron chi connectivity index (χ2n) is 5.36. The number of benzene rings is 1. The highest BCUT2D eigenvalue weighted by Crippen LogP contribution is 2.45. The van der Waals surface area contributed by atoms with Crippen LogP contribution in [0.5, 0.6) is 0 Å². The number of nitrogens with one attached hydrogen (secondary N) is 1. The monoisotopic (exact) mass is 320 g/mol. The molecule has 0 unspecified atom stereocenters. The Balaban J connectivity index is 1.77. The van der Waals surface area contributed by atoms with Gasteiger partial charge in [-0.2, -0.15) is 0 Å². The molecule has 0 spiro atoms. The van der Waals surface area contributed by atoms with Crippen molar-refractivity contribution < 1.29 is 19.6 Å². The molecule has 1 aromatic carbocycles. The van der Waals surface area contributed by atoms with Crippen molar-refractivity contribution in [3.63, 3.8) is 0 Å². The van der Waals surface area contributed by atoms with Gasteiger partial charge in [0.1, 0.15) is 0 Å². The number of nitro groups is 1. The average Bonchev–Trinajstić information content (AvgIpc) is 3.15. The Labute approximate surface area is 128 Å². The Bertz CT molecular complexity index is 794. The highest BCUT2D eigenvalue weighted by Gasteiger charge is 2.50. The maximum Gasteiger partial charge on any atom is 0.311 e. The van der Waals surface area contributed by atoms with Crippen LogP contribution in [0.4, 0.5) is 5.69 Å². The van der Waals surface area contributed by atoms with Gasteiger partial charge in [-0.25, -0.2) is 0 Å². The van der Waals surface area contributed by atoms with E-state index >= 15 is 0 Å². The largest absolute Gasteiger partial charge is 0.481 e. The summed E-state index contributed by atoms with van der Waals surface area (Å²) < 4.78 is 0.773. The number of thiophene rings is 1. The van der Waals surface area contributed by atoms with Crippen molar-refractivity contribution in [2.75, 3.05) is 6.54 Å². The van der Waals surface area contributed by atoms with Crippen LogP contribution in [0.2, 0.25) is 0 Å². The lowest BCUT2D eigenvalue weighted by Gasteiger charge is -2.09. The lowest BCUT2D eigenvalue weighted by molar-refractivity contribution is -0.384. The number of amides is 1. The Hall–Kier alpha value is -2.48. The molecule has 1 saturated carbocycles. The number of nitrogens with zero attached hydrogens (tertiary/aromatic N) is 1.